The fraction of sp³-hybridized carbons (Fsp3) is 0.364. The molecule has 9 heteroatoms. The van der Waals surface area contributed by atoms with Crippen LogP contribution < -0.4 is 16.5 Å². The molecule has 0 bridgehead atoms. The Labute approximate surface area is 184 Å². The van der Waals surface area contributed by atoms with Gasteiger partial charge < -0.3 is 11.1 Å². The largest absolute Gasteiger partial charge is 0.384 e. The molecule has 2 aromatic carbocycles. The predicted molar refractivity (Wildman–Crippen MR) is 118 cm³/mol. The molecule has 2 atom stereocenters. The molecule has 166 valence electrons. The molecule has 31 heavy (non-hydrogen) atoms. The van der Waals surface area contributed by atoms with E-state index in [0.29, 0.717) is 30.6 Å². The van der Waals surface area contributed by atoms with Crippen LogP contribution >= 0.6 is 12.2 Å². The number of benzene rings is 2. The van der Waals surface area contributed by atoms with Gasteiger partial charge in [-0.1, -0.05) is 18.3 Å². The summed E-state index contributed by atoms with van der Waals surface area (Å²) in [5, 5.41) is 4.63. The second-order valence-electron chi connectivity index (χ2n) is 7.74. The molecule has 0 saturated heterocycles. The zero-order chi connectivity index (χ0) is 22.8. The van der Waals surface area contributed by atoms with Crippen LogP contribution in [0.4, 0.5) is 18.9 Å². The predicted octanol–water partition coefficient (Wildman–Crippen LogP) is 3.77. The molecule has 0 spiro atoms. The molecule has 2 aromatic rings. The Morgan fingerprint density at radius 3 is 2.71 bits per heavy atom. The number of fused-ring (bicyclic) bond motifs is 1. The number of hydrogen-bond donors (Lipinski definition) is 3. The molecule has 1 aliphatic rings. The van der Waals surface area contributed by atoms with Crippen LogP contribution in [0.5, 0.6) is 0 Å². The molecule has 0 aromatic heterocycles. The number of hydrazine groups is 1. The molecular weight excluding hydrogens is 425 g/mol. The summed E-state index contributed by atoms with van der Waals surface area (Å²) in [6.07, 6.45) is 0.565. The quantitative estimate of drug-likeness (QED) is 0.478. The molecule has 0 saturated carbocycles. The second-order valence-corrected chi connectivity index (χ2v) is 8.14. The number of halogens is 3. The van der Waals surface area contributed by atoms with Crippen molar-refractivity contribution < 1.29 is 18.0 Å². The highest BCUT2D eigenvalue weighted by Crippen LogP contribution is 2.44. The van der Waals surface area contributed by atoms with E-state index in [1.165, 1.54) is 11.9 Å². The van der Waals surface area contributed by atoms with E-state index in [1.54, 1.807) is 18.2 Å². The first-order valence-electron chi connectivity index (χ1n) is 9.92. The molecule has 4 N–H and O–H groups in total. The van der Waals surface area contributed by atoms with Crippen molar-refractivity contribution in [2.24, 2.45) is 11.7 Å². The van der Waals surface area contributed by atoms with Crippen LogP contribution in [0.2, 0.25) is 0 Å². The smallest absolute Gasteiger partial charge is 0.238 e. The van der Waals surface area contributed by atoms with Gasteiger partial charge in [-0.2, -0.15) is 0 Å². The molecule has 5 nitrogen and oxygen atoms in total. The second kappa shape index (κ2) is 9.23. The van der Waals surface area contributed by atoms with E-state index < -0.39 is 23.8 Å². The van der Waals surface area contributed by atoms with Gasteiger partial charge in [-0.15, -0.1) is 0 Å². The SMILES string of the molecule is CC(=O)N(NC(=S)c1cc(F)ccc1F)[C@]1(C)c2cc(CF)ccc2NC[C@@H]1CCN. The van der Waals surface area contributed by atoms with E-state index in [0.717, 1.165) is 23.9 Å². The summed E-state index contributed by atoms with van der Waals surface area (Å²) in [4.78, 5) is 12.7. The van der Waals surface area contributed by atoms with Crippen molar-refractivity contribution in [3.8, 4) is 0 Å². The molecule has 1 heterocycles. The molecule has 1 amide bonds. The number of rotatable bonds is 5. The van der Waals surface area contributed by atoms with Crippen LogP contribution in [0.1, 0.15) is 37.0 Å². The van der Waals surface area contributed by atoms with Crippen molar-refractivity contribution in [3.63, 3.8) is 0 Å². The number of nitrogens with zero attached hydrogens (tertiary/aromatic N) is 1. The van der Waals surface area contributed by atoms with E-state index in [9.17, 15) is 18.0 Å². The minimum atomic E-state index is -0.981. The molecule has 3 rings (SSSR count). The van der Waals surface area contributed by atoms with E-state index in [4.69, 9.17) is 18.0 Å². The summed E-state index contributed by atoms with van der Waals surface area (Å²) >= 11 is 5.32. The minimum absolute atomic E-state index is 0.137. The van der Waals surface area contributed by atoms with Crippen LogP contribution in [0.25, 0.3) is 0 Å². The summed E-state index contributed by atoms with van der Waals surface area (Å²) in [5.41, 5.74) is 9.42. The van der Waals surface area contributed by atoms with Gasteiger partial charge in [0.15, 0.2) is 0 Å². The first-order valence-corrected chi connectivity index (χ1v) is 10.3. The number of nitrogens with two attached hydrogens (primary N) is 1. The average molecular weight is 451 g/mol. The maximum atomic E-state index is 14.3. The number of carbonyl (C=O) groups excluding carboxylic acids is 1. The number of carbonyl (C=O) groups is 1. The van der Waals surface area contributed by atoms with Crippen molar-refractivity contribution in [2.75, 3.05) is 18.4 Å². The van der Waals surface area contributed by atoms with Crippen LogP contribution in [0, 0.1) is 17.6 Å². The van der Waals surface area contributed by atoms with Crippen molar-refractivity contribution >= 4 is 28.8 Å². The lowest BCUT2D eigenvalue weighted by molar-refractivity contribution is -0.141. The summed E-state index contributed by atoms with van der Waals surface area (Å²) < 4.78 is 41.4. The monoisotopic (exact) mass is 450 g/mol. The molecule has 0 unspecified atom stereocenters. The van der Waals surface area contributed by atoms with Gasteiger partial charge in [0.05, 0.1) is 5.54 Å². The Hall–Kier alpha value is -2.65. The van der Waals surface area contributed by atoms with E-state index in [2.05, 4.69) is 10.7 Å². The summed E-state index contributed by atoms with van der Waals surface area (Å²) in [7, 11) is 0. The van der Waals surface area contributed by atoms with E-state index in [-0.39, 0.29) is 22.4 Å². The zero-order valence-corrected chi connectivity index (χ0v) is 18.2. The average Bonchev–Trinajstić information content (AvgIpc) is 2.75. The Morgan fingerprint density at radius 2 is 2.06 bits per heavy atom. The molecule has 0 aliphatic carbocycles. The number of anilines is 1. The maximum absolute atomic E-state index is 14.3. The standard InChI is InChI=1S/C22H25F3N4OS/c1-13(30)29(28-21(31)17-10-16(24)4-5-19(17)25)22(2)15(7-8-26)12-27-20-6-3-14(11-23)9-18(20)22/h3-6,9-10,15,27H,7-8,11-12,26H2,1-2H3,(H,28,31)/t15-,22-/m0/s1. The number of amides is 1. The third-order valence-corrected chi connectivity index (χ3v) is 6.11. The third kappa shape index (κ3) is 4.38. The lowest BCUT2D eigenvalue weighted by Crippen LogP contribution is -2.61. The fourth-order valence-corrected chi connectivity index (χ4v) is 4.39. The number of thiocarbonyl (C=S) groups is 1. The fourth-order valence-electron chi connectivity index (χ4n) is 4.14. The maximum Gasteiger partial charge on any atom is 0.238 e. The van der Waals surface area contributed by atoms with Gasteiger partial charge >= 0.3 is 0 Å². The molecule has 1 aliphatic heterocycles. The Morgan fingerprint density at radius 1 is 1.32 bits per heavy atom. The van der Waals surface area contributed by atoms with E-state index in [1.807, 2.05) is 6.92 Å². The van der Waals surface area contributed by atoms with Crippen molar-refractivity contribution in [2.45, 2.75) is 32.5 Å². The van der Waals surface area contributed by atoms with Gasteiger partial charge in [0, 0.05) is 36.2 Å². The van der Waals surface area contributed by atoms with Gasteiger partial charge in [0.2, 0.25) is 5.91 Å². The molecule has 0 fully saturated rings. The van der Waals surface area contributed by atoms with E-state index >= 15 is 0 Å². The topological polar surface area (TPSA) is 70.4 Å². The van der Waals surface area contributed by atoms with Crippen molar-refractivity contribution in [1.82, 2.24) is 10.4 Å². The van der Waals surface area contributed by atoms with Gasteiger partial charge in [0.1, 0.15) is 23.3 Å². The first kappa shape index (κ1) is 23.0. The number of alkyl halides is 1. The number of hydrogen-bond acceptors (Lipinski definition) is 4. The van der Waals surface area contributed by atoms with Gasteiger partial charge in [0.25, 0.3) is 0 Å². The number of nitrogens with one attached hydrogen (secondary N) is 2. The van der Waals surface area contributed by atoms with Crippen LogP contribution in [0.3, 0.4) is 0 Å². The molecular formula is C22H25F3N4OS. The summed E-state index contributed by atoms with van der Waals surface area (Å²) in [6.45, 7) is 3.42. The van der Waals surface area contributed by atoms with Crippen LogP contribution in [0.15, 0.2) is 36.4 Å². The van der Waals surface area contributed by atoms with Crippen LogP contribution in [-0.2, 0) is 17.0 Å². The highest BCUT2D eigenvalue weighted by Gasteiger charge is 2.47. The van der Waals surface area contributed by atoms with Gasteiger partial charge in [-0.25, -0.2) is 18.2 Å². The Balaban J connectivity index is 2.09. The third-order valence-electron chi connectivity index (χ3n) is 5.80. The van der Waals surface area contributed by atoms with Gasteiger partial charge in [-0.05, 0) is 55.8 Å². The highest BCUT2D eigenvalue weighted by molar-refractivity contribution is 7.80. The van der Waals surface area contributed by atoms with Crippen LogP contribution in [-0.4, -0.2) is 29.0 Å². The first-order chi connectivity index (χ1) is 14.7. The van der Waals surface area contributed by atoms with Gasteiger partial charge in [-0.3, -0.25) is 10.2 Å². The summed E-state index contributed by atoms with van der Waals surface area (Å²) in [5.74, 6) is -1.91. The summed E-state index contributed by atoms with van der Waals surface area (Å²) in [6, 6.07) is 8.08. The lowest BCUT2D eigenvalue weighted by Gasteiger charge is -2.50. The normalized spacial score (nSPS) is 19.9. The van der Waals surface area contributed by atoms with Crippen molar-refractivity contribution in [3.05, 3.63) is 64.7 Å². The minimum Gasteiger partial charge on any atom is -0.384 e. The zero-order valence-electron chi connectivity index (χ0n) is 17.3. The Bertz CT molecular complexity index is 1000. The van der Waals surface area contributed by atoms with Crippen molar-refractivity contribution in [1.29, 1.82) is 0 Å². The highest BCUT2D eigenvalue weighted by atomic mass is 32.1. The molecule has 0 radical (unpaired) electrons. The Kier molecular flexibility index (Phi) is 6.86. The lowest BCUT2D eigenvalue weighted by atomic mass is 9.73.